The first-order valence-electron chi connectivity index (χ1n) is 10.8. The fraction of sp³-hybridized carbons (Fsp3) is 0.375. The summed E-state index contributed by atoms with van der Waals surface area (Å²) in [5.41, 5.74) is 8.17. The second-order valence-corrected chi connectivity index (χ2v) is 8.33. The second-order valence-electron chi connectivity index (χ2n) is 8.33. The van der Waals surface area contributed by atoms with Crippen LogP contribution < -0.4 is 16.0 Å². The van der Waals surface area contributed by atoms with Crippen LogP contribution in [-0.2, 0) is 20.9 Å². The zero-order valence-corrected chi connectivity index (χ0v) is 17.5. The number of benzene rings is 2. The number of anilines is 2. The van der Waals surface area contributed by atoms with Crippen molar-refractivity contribution in [3.63, 3.8) is 0 Å². The van der Waals surface area contributed by atoms with Crippen molar-refractivity contribution < 1.29 is 14.4 Å². The van der Waals surface area contributed by atoms with Gasteiger partial charge < -0.3 is 20.9 Å². The van der Waals surface area contributed by atoms with Gasteiger partial charge in [0, 0.05) is 38.5 Å². The molecule has 2 fully saturated rings. The maximum Gasteiger partial charge on any atom is 0.229 e. The number of rotatable bonds is 6. The van der Waals surface area contributed by atoms with Crippen LogP contribution >= 0.6 is 0 Å². The maximum atomic E-state index is 13.0. The van der Waals surface area contributed by atoms with E-state index in [-0.39, 0.29) is 36.0 Å². The first-order chi connectivity index (χ1) is 15.0. The zero-order valence-electron chi connectivity index (χ0n) is 17.5. The molecule has 0 aliphatic carbocycles. The molecule has 162 valence electrons. The number of nitrogens with one attached hydrogen (secondary N) is 1. The van der Waals surface area contributed by atoms with Gasteiger partial charge in [-0.25, -0.2) is 0 Å². The molecule has 0 aromatic heterocycles. The van der Waals surface area contributed by atoms with Crippen molar-refractivity contribution in [2.24, 2.45) is 17.6 Å². The van der Waals surface area contributed by atoms with Crippen molar-refractivity contribution in [3.05, 3.63) is 60.2 Å². The summed E-state index contributed by atoms with van der Waals surface area (Å²) in [6, 6.07) is 17.5. The van der Waals surface area contributed by atoms with Gasteiger partial charge in [0.05, 0.1) is 17.3 Å². The Morgan fingerprint density at radius 3 is 2.35 bits per heavy atom. The third-order valence-electron chi connectivity index (χ3n) is 6.20. The van der Waals surface area contributed by atoms with Gasteiger partial charge in [-0.15, -0.1) is 0 Å². The molecule has 0 saturated carbocycles. The van der Waals surface area contributed by atoms with Crippen molar-refractivity contribution in [1.82, 2.24) is 4.90 Å². The molecule has 2 aliphatic rings. The maximum absolute atomic E-state index is 13.0. The van der Waals surface area contributed by atoms with E-state index in [0.717, 1.165) is 16.9 Å². The minimum atomic E-state index is -0.370. The molecule has 2 aromatic carbocycles. The molecular formula is C24H28N4O3. The molecule has 7 nitrogen and oxygen atoms in total. The Morgan fingerprint density at radius 1 is 0.968 bits per heavy atom. The third kappa shape index (κ3) is 4.87. The van der Waals surface area contributed by atoms with E-state index in [9.17, 15) is 14.4 Å². The van der Waals surface area contributed by atoms with Crippen LogP contribution in [0.5, 0.6) is 0 Å². The Bertz CT molecular complexity index is 954. The van der Waals surface area contributed by atoms with Crippen molar-refractivity contribution >= 4 is 29.1 Å². The van der Waals surface area contributed by atoms with Crippen LogP contribution in [0, 0.1) is 11.8 Å². The number of para-hydroxylation sites is 2. The average Bonchev–Trinajstić information content (AvgIpc) is 3.15. The molecule has 3 amide bonds. The summed E-state index contributed by atoms with van der Waals surface area (Å²) < 4.78 is 0. The van der Waals surface area contributed by atoms with E-state index in [2.05, 4.69) is 10.2 Å². The molecule has 2 saturated heterocycles. The average molecular weight is 421 g/mol. The summed E-state index contributed by atoms with van der Waals surface area (Å²) in [5, 5.41) is 3.04. The number of hydrogen-bond acceptors (Lipinski definition) is 4. The number of carbonyl (C=O) groups excluding carboxylic acids is 3. The van der Waals surface area contributed by atoms with Gasteiger partial charge in [0.15, 0.2) is 0 Å². The summed E-state index contributed by atoms with van der Waals surface area (Å²) in [7, 11) is 0. The van der Waals surface area contributed by atoms with E-state index in [1.165, 1.54) is 0 Å². The number of nitrogens with two attached hydrogens (primary N) is 1. The van der Waals surface area contributed by atoms with Gasteiger partial charge in [0.1, 0.15) is 0 Å². The standard InChI is InChI=1S/C24H28N4O3/c25-23(30)18-10-12-27(13-11-18)21-9-5-4-8-20(21)26-24(31)19-14-22(29)28(16-19)15-17-6-2-1-3-7-17/h1-9,18-19H,10-16H2,(H2,25,30)(H,26,31). The first kappa shape index (κ1) is 20.9. The summed E-state index contributed by atoms with van der Waals surface area (Å²) in [4.78, 5) is 40.8. The van der Waals surface area contributed by atoms with Gasteiger partial charge in [-0.1, -0.05) is 42.5 Å². The molecule has 31 heavy (non-hydrogen) atoms. The fourth-order valence-corrected chi connectivity index (χ4v) is 4.40. The highest BCUT2D eigenvalue weighted by Crippen LogP contribution is 2.31. The minimum Gasteiger partial charge on any atom is -0.370 e. The number of piperidine rings is 1. The lowest BCUT2D eigenvalue weighted by Crippen LogP contribution is -2.39. The molecule has 4 rings (SSSR count). The van der Waals surface area contributed by atoms with Gasteiger partial charge >= 0.3 is 0 Å². The van der Waals surface area contributed by atoms with E-state index >= 15 is 0 Å². The lowest BCUT2D eigenvalue weighted by Gasteiger charge is -2.33. The highest BCUT2D eigenvalue weighted by molar-refractivity contribution is 5.99. The predicted molar refractivity (Wildman–Crippen MR) is 119 cm³/mol. The summed E-state index contributed by atoms with van der Waals surface area (Å²) in [5.74, 6) is -0.829. The Balaban J connectivity index is 1.39. The third-order valence-corrected chi connectivity index (χ3v) is 6.20. The Kier molecular flexibility index (Phi) is 6.21. The number of primary amides is 1. The number of hydrogen-bond donors (Lipinski definition) is 2. The molecular weight excluding hydrogens is 392 g/mol. The molecule has 7 heteroatoms. The summed E-state index contributed by atoms with van der Waals surface area (Å²) in [6.45, 7) is 2.38. The molecule has 2 heterocycles. The molecule has 3 N–H and O–H groups in total. The van der Waals surface area contributed by atoms with E-state index in [1.54, 1.807) is 4.90 Å². The quantitative estimate of drug-likeness (QED) is 0.750. The molecule has 2 aliphatic heterocycles. The number of likely N-dealkylation sites (tertiary alicyclic amines) is 1. The van der Waals surface area contributed by atoms with Crippen molar-refractivity contribution in [3.8, 4) is 0 Å². The molecule has 0 radical (unpaired) electrons. The number of amides is 3. The Morgan fingerprint density at radius 2 is 1.65 bits per heavy atom. The zero-order chi connectivity index (χ0) is 21.8. The highest BCUT2D eigenvalue weighted by Gasteiger charge is 2.34. The summed E-state index contributed by atoms with van der Waals surface area (Å²) in [6.07, 6.45) is 1.65. The minimum absolute atomic E-state index is 0.00538. The predicted octanol–water partition coefficient (Wildman–Crippen LogP) is 2.38. The van der Waals surface area contributed by atoms with Crippen molar-refractivity contribution in [1.29, 1.82) is 0 Å². The van der Waals surface area contributed by atoms with Crippen LogP contribution in [0.2, 0.25) is 0 Å². The van der Waals surface area contributed by atoms with E-state index in [1.807, 2.05) is 54.6 Å². The van der Waals surface area contributed by atoms with Crippen LogP contribution in [0.15, 0.2) is 54.6 Å². The number of carbonyl (C=O) groups is 3. The van der Waals surface area contributed by atoms with Crippen LogP contribution in [0.25, 0.3) is 0 Å². The van der Waals surface area contributed by atoms with E-state index < -0.39 is 0 Å². The van der Waals surface area contributed by atoms with E-state index in [0.29, 0.717) is 39.0 Å². The first-order valence-corrected chi connectivity index (χ1v) is 10.8. The van der Waals surface area contributed by atoms with Crippen molar-refractivity contribution in [2.75, 3.05) is 29.9 Å². The van der Waals surface area contributed by atoms with Crippen LogP contribution in [0.3, 0.4) is 0 Å². The molecule has 1 atom stereocenters. The van der Waals surface area contributed by atoms with Gasteiger partial charge in [0.25, 0.3) is 0 Å². The molecule has 2 aromatic rings. The molecule has 0 spiro atoms. The highest BCUT2D eigenvalue weighted by atomic mass is 16.2. The summed E-state index contributed by atoms with van der Waals surface area (Å²) >= 11 is 0. The molecule has 0 bridgehead atoms. The monoisotopic (exact) mass is 420 g/mol. The topological polar surface area (TPSA) is 95.7 Å². The lowest BCUT2D eigenvalue weighted by atomic mass is 9.96. The van der Waals surface area contributed by atoms with Gasteiger partial charge in [-0.05, 0) is 30.5 Å². The lowest BCUT2D eigenvalue weighted by molar-refractivity contribution is -0.128. The smallest absolute Gasteiger partial charge is 0.229 e. The van der Waals surface area contributed by atoms with Gasteiger partial charge in [-0.2, -0.15) is 0 Å². The van der Waals surface area contributed by atoms with Crippen LogP contribution in [0.1, 0.15) is 24.8 Å². The Labute approximate surface area is 182 Å². The van der Waals surface area contributed by atoms with Crippen molar-refractivity contribution in [2.45, 2.75) is 25.8 Å². The van der Waals surface area contributed by atoms with Crippen LogP contribution in [0.4, 0.5) is 11.4 Å². The second kappa shape index (κ2) is 9.20. The molecule has 1 unspecified atom stereocenters. The van der Waals surface area contributed by atoms with Gasteiger partial charge in [-0.3, -0.25) is 14.4 Å². The Hall–Kier alpha value is -3.35. The SMILES string of the molecule is NC(=O)C1CCN(c2ccccc2NC(=O)C2CC(=O)N(Cc3ccccc3)C2)CC1. The number of nitrogens with zero attached hydrogens (tertiary/aromatic N) is 2. The van der Waals surface area contributed by atoms with Crippen LogP contribution in [-0.4, -0.2) is 42.3 Å². The van der Waals surface area contributed by atoms with E-state index in [4.69, 9.17) is 5.73 Å². The largest absolute Gasteiger partial charge is 0.370 e. The fourth-order valence-electron chi connectivity index (χ4n) is 4.40. The van der Waals surface area contributed by atoms with Gasteiger partial charge in [0.2, 0.25) is 17.7 Å². The normalized spacial score (nSPS) is 19.5.